The summed E-state index contributed by atoms with van der Waals surface area (Å²) in [5.74, 6) is 2.04. The average Bonchev–Trinajstić information content (AvgIpc) is 2.46. The Morgan fingerprint density at radius 1 is 1.11 bits per heavy atom. The maximum Gasteiger partial charge on any atom is 0.122 e. The Hall–Kier alpha value is -1.26. The lowest BCUT2D eigenvalue weighted by Gasteiger charge is -2.28. The molecule has 0 bridgehead atoms. The molecule has 1 heterocycles. The minimum absolute atomic E-state index is 0.0119. The van der Waals surface area contributed by atoms with Gasteiger partial charge in [-0.3, -0.25) is 0 Å². The van der Waals surface area contributed by atoms with Gasteiger partial charge in [0.05, 0.1) is 14.2 Å². The van der Waals surface area contributed by atoms with Crippen molar-refractivity contribution >= 4 is 0 Å². The van der Waals surface area contributed by atoms with Crippen molar-refractivity contribution in [3.63, 3.8) is 0 Å². The summed E-state index contributed by atoms with van der Waals surface area (Å²) >= 11 is 0. The normalized spacial score (nSPS) is 18.4. The lowest BCUT2D eigenvalue weighted by atomic mass is 9.87. The van der Waals surface area contributed by atoms with Crippen LogP contribution in [0.4, 0.5) is 0 Å². The minimum Gasteiger partial charge on any atom is -0.497 e. The van der Waals surface area contributed by atoms with E-state index in [2.05, 4.69) is 0 Å². The van der Waals surface area contributed by atoms with Gasteiger partial charge in [0, 0.05) is 25.3 Å². The Labute approximate surface area is 108 Å². The van der Waals surface area contributed by atoms with Crippen LogP contribution in [0.5, 0.6) is 11.5 Å². The lowest BCUT2D eigenvalue weighted by Crippen LogP contribution is -2.27. The Bertz CT molecular complexity index is 366. The predicted molar refractivity (Wildman–Crippen MR) is 70.0 cm³/mol. The molecule has 1 aliphatic heterocycles. The first-order chi connectivity index (χ1) is 8.74. The number of nitrogens with two attached hydrogens (primary N) is 1. The topological polar surface area (TPSA) is 53.7 Å². The van der Waals surface area contributed by atoms with Crippen LogP contribution in [0.15, 0.2) is 18.2 Å². The van der Waals surface area contributed by atoms with Gasteiger partial charge >= 0.3 is 0 Å². The third-order valence-electron chi connectivity index (χ3n) is 3.53. The van der Waals surface area contributed by atoms with Gasteiger partial charge < -0.3 is 19.9 Å². The molecule has 1 aromatic rings. The van der Waals surface area contributed by atoms with Crippen LogP contribution in [-0.2, 0) is 4.74 Å². The number of hydrogen-bond donors (Lipinski definition) is 1. The van der Waals surface area contributed by atoms with E-state index in [1.165, 1.54) is 0 Å². The van der Waals surface area contributed by atoms with Gasteiger partial charge in [0.25, 0.3) is 0 Å². The summed E-state index contributed by atoms with van der Waals surface area (Å²) < 4.78 is 15.9. The van der Waals surface area contributed by atoms with E-state index in [9.17, 15) is 0 Å². The molecule has 4 heteroatoms. The second-order valence-electron chi connectivity index (χ2n) is 4.62. The average molecular weight is 251 g/mol. The highest BCUT2D eigenvalue weighted by atomic mass is 16.5. The second-order valence-corrected chi connectivity index (χ2v) is 4.62. The van der Waals surface area contributed by atoms with Crippen molar-refractivity contribution in [1.82, 2.24) is 0 Å². The summed E-state index contributed by atoms with van der Waals surface area (Å²) in [6.45, 7) is 1.61. The van der Waals surface area contributed by atoms with E-state index in [1.807, 2.05) is 18.2 Å². The van der Waals surface area contributed by atoms with Crippen LogP contribution in [0.25, 0.3) is 0 Å². The zero-order valence-corrected chi connectivity index (χ0v) is 11.0. The van der Waals surface area contributed by atoms with E-state index in [0.717, 1.165) is 43.1 Å². The highest BCUT2D eigenvalue weighted by Crippen LogP contribution is 2.32. The van der Waals surface area contributed by atoms with Gasteiger partial charge in [-0.25, -0.2) is 0 Å². The molecule has 0 spiro atoms. The molecule has 2 N–H and O–H groups in total. The van der Waals surface area contributed by atoms with Gasteiger partial charge in [-0.1, -0.05) is 0 Å². The zero-order valence-electron chi connectivity index (χ0n) is 11.0. The van der Waals surface area contributed by atoms with Crippen LogP contribution in [-0.4, -0.2) is 27.4 Å². The van der Waals surface area contributed by atoms with Gasteiger partial charge in [0.1, 0.15) is 11.5 Å². The van der Waals surface area contributed by atoms with Gasteiger partial charge in [0.15, 0.2) is 0 Å². The Balaban J connectivity index is 2.19. The smallest absolute Gasteiger partial charge is 0.122 e. The Kier molecular flexibility index (Phi) is 4.44. The molecule has 2 rings (SSSR count). The molecule has 0 saturated carbocycles. The van der Waals surface area contributed by atoms with Crippen LogP contribution < -0.4 is 15.2 Å². The Morgan fingerprint density at radius 3 is 2.17 bits per heavy atom. The molecule has 1 aromatic carbocycles. The van der Waals surface area contributed by atoms with Gasteiger partial charge in [-0.2, -0.15) is 0 Å². The van der Waals surface area contributed by atoms with Crippen molar-refractivity contribution in [1.29, 1.82) is 0 Å². The summed E-state index contributed by atoms with van der Waals surface area (Å²) in [4.78, 5) is 0. The fourth-order valence-electron chi connectivity index (χ4n) is 2.37. The number of benzene rings is 1. The molecule has 1 fully saturated rings. The summed E-state index contributed by atoms with van der Waals surface area (Å²) in [7, 11) is 3.30. The molecule has 0 aliphatic carbocycles. The quantitative estimate of drug-likeness (QED) is 0.890. The maximum atomic E-state index is 6.35. The van der Waals surface area contributed by atoms with Crippen molar-refractivity contribution < 1.29 is 14.2 Å². The van der Waals surface area contributed by atoms with E-state index in [-0.39, 0.29) is 6.04 Å². The monoisotopic (exact) mass is 251 g/mol. The summed E-state index contributed by atoms with van der Waals surface area (Å²) in [5, 5.41) is 0. The fourth-order valence-corrected chi connectivity index (χ4v) is 2.37. The molecule has 0 amide bonds. The van der Waals surface area contributed by atoms with E-state index >= 15 is 0 Å². The molecule has 0 radical (unpaired) electrons. The van der Waals surface area contributed by atoms with Crippen LogP contribution in [0.1, 0.15) is 24.4 Å². The first-order valence-electron chi connectivity index (χ1n) is 6.31. The predicted octanol–water partition coefficient (Wildman–Crippen LogP) is 2.13. The number of hydrogen-bond acceptors (Lipinski definition) is 4. The molecule has 1 saturated heterocycles. The van der Waals surface area contributed by atoms with Gasteiger partial charge in [-0.15, -0.1) is 0 Å². The summed E-state index contributed by atoms with van der Waals surface area (Å²) in [5.41, 5.74) is 7.42. The number of ether oxygens (including phenoxy) is 3. The molecule has 1 aliphatic rings. The van der Waals surface area contributed by atoms with Crippen molar-refractivity contribution in [2.45, 2.75) is 18.9 Å². The number of methoxy groups -OCH3 is 2. The lowest BCUT2D eigenvalue weighted by molar-refractivity contribution is 0.0583. The highest BCUT2D eigenvalue weighted by Gasteiger charge is 2.23. The third-order valence-corrected chi connectivity index (χ3v) is 3.53. The van der Waals surface area contributed by atoms with Crippen LogP contribution >= 0.6 is 0 Å². The van der Waals surface area contributed by atoms with Gasteiger partial charge in [0.2, 0.25) is 0 Å². The highest BCUT2D eigenvalue weighted by molar-refractivity contribution is 5.40. The van der Waals surface area contributed by atoms with E-state index in [1.54, 1.807) is 14.2 Å². The van der Waals surface area contributed by atoms with E-state index in [4.69, 9.17) is 19.9 Å². The zero-order chi connectivity index (χ0) is 13.0. The molecule has 1 unspecified atom stereocenters. The summed E-state index contributed by atoms with van der Waals surface area (Å²) in [6.07, 6.45) is 2.03. The first kappa shape index (κ1) is 13.2. The molecular formula is C14H21NO3. The second kappa shape index (κ2) is 6.07. The minimum atomic E-state index is 0.0119. The number of rotatable bonds is 4. The molecule has 1 atom stereocenters. The SMILES string of the molecule is COc1cc(OC)cc(C(N)C2CCOCC2)c1. The molecule has 18 heavy (non-hydrogen) atoms. The van der Waals surface area contributed by atoms with Crippen molar-refractivity contribution in [2.75, 3.05) is 27.4 Å². The molecule has 0 aromatic heterocycles. The molecular weight excluding hydrogens is 230 g/mol. The standard InChI is InChI=1S/C14H21NO3/c1-16-12-7-11(8-13(9-12)17-2)14(15)10-3-5-18-6-4-10/h7-10,14H,3-6,15H2,1-2H3. The van der Waals surface area contributed by atoms with Crippen molar-refractivity contribution in [3.8, 4) is 11.5 Å². The molecule has 100 valence electrons. The van der Waals surface area contributed by atoms with Crippen molar-refractivity contribution in [3.05, 3.63) is 23.8 Å². The molecule has 4 nitrogen and oxygen atoms in total. The fraction of sp³-hybridized carbons (Fsp3) is 0.571. The van der Waals surface area contributed by atoms with Crippen molar-refractivity contribution in [2.24, 2.45) is 11.7 Å². The largest absolute Gasteiger partial charge is 0.497 e. The van der Waals surface area contributed by atoms with Gasteiger partial charge in [-0.05, 0) is 36.5 Å². The van der Waals surface area contributed by atoms with Crippen LogP contribution in [0.2, 0.25) is 0 Å². The summed E-state index contributed by atoms with van der Waals surface area (Å²) in [6, 6.07) is 5.85. The van der Waals surface area contributed by atoms with E-state index < -0.39 is 0 Å². The first-order valence-corrected chi connectivity index (χ1v) is 6.31. The van der Waals surface area contributed by atoms with Crippen LogP contribution in [0, 0.1) is 5.92 Å². The third kappa shape index (κ3) is 2.94. The maximum absolute atomic E-state index is 6.35. The van der Waals surface area contributed by atoms with Crippen LogP contribution in [0.3, 0.4) is 0 Å². The van der Waals surface area contributed by atoms with E-state index in [0.29, 0.717) is 5.92 Å². The Morgan fingerprint density at radius 2 is 1.67 bits per heavy atom.